The molecule has 1 unspecified atom stereocenters. The Morgan fingerprint density at radius 2 is 1.67 bits per heavy atom. The Hall–Kier alpha value is -6.73. The summed E-state index contributed by atoms with van der Waals surface area (Å²) in [6.07, 6.45) is -1.31. The summed E-state index contributed by atoms with van der Waals surface area (Å²) < 4.78 is 14.2. The molecule has 7 aromatic rings. The second-order valence-electron chi connectivity index (χ2n) is 19.9. The van der Waals surface area contributed by atoms with Crippen molar-refractivity contribution >= 4 is 74.6 Å². The maximum absolute atomic E-state index is 14.4. The minimum Gasteiger partial charge on any atom is -0.489 e. The number of likely N-dealkylation sites (tertiary alicyclic amines) is 1. The van der Waals surface area contributed by atoms with Crippen LogP contribution in [0.5, 0.6) is 5.75 Å². The van der Waals surface area contributed by atoms with E-state index < -0.39 is 53.5 Å². The average Bonchev–Trinajstić information content (AvgIpc) is 4.19. The Morgan fingerprint density at radius 1 is 0.945 bits per heavy atom. The predicted octanol–water partition coefficient (Wildman–Crippen LogP) is 8.94. The number of aliphatic hydroxyl groups excluding tert-OH is 1. The third kappa shape index (κ3) is 10.7. The van der Waals surface area contributed by atoms with E-state index in [4.69, 9.17) is 25.7 Å². The summed E-state index contributed by atoms with van der Waals surface area (Å²) in [4.78, 5) is 68.9. The van der Waals surface area contributed by atoms with Crippen molar-refractivity contribution in [2.75, 3.05) is 13.1 Å². The first-order valence-electron chi connectivity index (χ1n) is 24.2. The van der Waals surface area contributed by atoms with Gasteiger partial charge in [-0.25, -0.2) is 4.98 Å². The highest BCUT2D eigenvalue weighted by Gasteiger charge is 2.45. The number of rotatable bonds is 14. The van der Waals surface area contributed by atoms with E-state index in [0.29, 0.717) is 33.4 Å². The molecule has 2 aliphatic rings. The molecule has 1 saturated heterocycles. The molecule has 0 spiro atoms. The number of aliphatic hydroxyl groups is 1. The van der Waals surface area contributed by atoms with E-state index in [1.54, 1.807) is 46.9 Å². The Labute approximate surface area is 436 Å². The number of ether oxygens (including phenoxy) is 1. The molecule has 73 heavy (non-hydrogen) atoms. The lowest BCUT2D eigenvalue weighted by Gasteiger charge is -2.35. The number of hydrogen-bond donors (Lipinski definition) is 4. The molecule has 3 aromatic carbocycles. The lowest BCUT2D eigenvalue weighted by molar-refractivity contribution is -0.142. The smallest absolute Gasteiger partial charge is 0.287 e. The number of fused-ring (bicyclic) bond motifs is 4. The van der Waals surface area contributed by atoms with Crippen molar-refractivity contribution in [1.29, 1.82) is 0 Å². The summed E-state index contributed by atoms with van der Waals surface area (Å²) >= 11 is 9.48. The SMILES string of the molecule is Cc1ncsc1-c1ccc([C@H](C)NC(=O)[C@@H]2C[C@@H](O)CN2C(=O)[C@@H](NC(=O)c2cc3cc(O[C@@H](C)CNC(=O)CC4N=C(c5ccc(Cl)cc5)c5c(sc(C)c5C)-n5c(C)nnc54)ccc3o2)C(C)(C)C)cc1. The van der Waals surface area contributed by atoms with Crippen LogP contribution in [0, 0.1) is 33.1 Å². The first kappa shape index (κ1) is 51.2. The van der Waals surface area contributed by atoms with Crippen molar-refractivity contribution in [3.8, 4) is 21.2 Å². The summed E-state index contributed by atoms with van der Waals surface area (Å²) in [5.41, 5.74) is 8.02. The first-order chi connectivity index (χ1) is 34.7. The quantitative estimate of drug-likeness (QED) is 0.0814. The van der Waals surface area contributed by atoms with E-state index in [1.807, 2.05) is 107 Å². The highest BCUT2D eigenvalue weighted by atomic mass is 35.5. The van der Waals surface area contributed by atoms with Gasteiger partial charge in [-0.15, -0.1) is 32.9 Å². The van der Waals surface area contributed by atoms with Gasteiger partial charge in [-0.3, -0.25) is 28.7 Å². The summed E-state index contributed by atoms with van der Waals surface area (Å²) in [6, 6.07) is 19.1. The van der Waals surface area contributed by atoms with E-state index in [9.17, 15) is 24.3 Å². The summed E-state index contributed by atoms with van der Waals surface area (Å²) in [6.45, 7) is 17.3. The number of halogens is 1. The molecule has 0 saturated carbocycles. The number of benzene rings is 3. The zero-order valence-corrected chi connectivity index (χ0v) is 44.5. The van der Waals surface area contributed by atoms with Gasteiger partial charge in [0.25, 0.3) is 5.91 Å². The van der Waals surface area contributed by atoms with Crippen molar-refractivity contribution in [2.45, 2.75) is 112 Å². The highest BCUT2D eigenvalue weighted by molar-refractivity contribution is 7.15. The molecule has 0 radical (unpaired) electrons. The fourth-order valence-electron chi connectivity index (χ4n) is 9.34. The zero-order valence-electron chi connectivity index (χ0n) is 42.1. The van der Waals surface area contributed by atoms with Gasteiger partial charge in [-0.2, -0.15) is 0 Å². The molecule has 16 nitrogen and oxygen atoms in total. The van der Waals surface area contributed by atoms with Gasteiger partial charge in [-0.05, 0) is 100 Å². The lowest BCUT2D eigenvalue weighted by Crippen LogP contribution is -2.57. The third-order valence-electron chi connectivity index (χ3n) is 13.4. The monoisotopic (exact) mass is 1040 g/mol. The molecule has 0 bridgehead atoms. The number of β-amino-alcohol motifs (C(OH)–C–C–N with tert-alkyl or cyclic N) is 1. The first-order valence-corrected chi connectivity index (χ1v) is 26.2. The lowest BCUT2D eigenvalue weighted by atomic mass is 9.85. The van der Waals surface area contributed by atoms with Gasteiger partial charge in [0.05, 0.1) is 46.9 Å². The van der Waals surface area contributed by atoms with E-state index in [2.05, 4.69) is 45.0 Å². The fourth-order valence-corrected chi connectivity index (χ4v) is 11.5. The van der Waals surface area contributed by atoms with Crippen LogP contribution >= 0.6 is 34.3 Å². The molecule has 6 atom stereocenters. The molecule has 380 valence electrons. The summed E-state index contributed by atoms with van der Waals surface area (Å²) in [5.74, 6) is -0.0168. The zero-order chi connectivity index (χ0) is 52.0. The van der Waals surface area contributed by atoms with Crippen LogP contribution < -0.4 is 20.7 Å². The Morgan fingerprint density at radius 3 is 2.37 bits per heavy atom. The molecule has 0 aliphatic carbocycles. The van der Waals surface area contributed by atoms with Crippen LogP contribution in [0.2, 0.25) is 5.02 Å². The second-order valence-corrected chi connectivity index (χ2v) is 22.4. The van der Waals surface area contributed by atoms with Crippen LogP contribution in [0.4, 0.5) is 0 Å². The van der Waals surface area contributed by atoms with Gasteiger partial charge in [-0.1, -0.05) is 68.8 Å². The number of thiophene rings is 1. The number of thiazole rings is 1. The topological polar surface area (TPSA) is 206 Å². The van der Waals surface area contributed by atoms with Gasteiger partial charge in [0.1, 0.15) is 46.4 Å². The van der Waals surface area contributed by atoms with Crippen LogP contribution in [0.1, 0.15) is 115 Å². The van der Waals surface area contributed by atoms with E-state index >= 15 is 0 Å². The van der Waals surface area contributed by atoms with Crippen LogP contribution in [-0.2, 0) is 14.4 Å². The third-order valence-corrected chi connectivity index (χ3v) is 15.8. The number of aliphatic imine (C=N–C) groups is 1. The van der Waals surface area contributed by atoms with Crippen LogP contribution in [-0.4, -0.2) is 96.5 Å². The molecular formula is C54H58ClN9O7S2. The molecule has 4 N–H and O–H groups in total. The van der Waals surface area contributed by atoms with Crippen molar-refractivity contribution in [1.82, 2.24) is 40.6 Å². The van der Waals surface area contributed by atoms with Crippen molar-refractivity contribution in [2.24, 2.45) is 10.4 Å². The number of furan rings is 1. The largest absolute Gasteiger partial charge is 0.489 e. The van der Waals surface area contributed by atoms with E-state index in [1.165, 1.54) is 4.90 Å². The molecular weight excluding hydrogens is 986 g/mol. The predicted molar refractivity (Wildman–Crippen MR) is 283 cm³/mol. The molecule has 19 heteroatoms. The van der Waals surface area contributed by atoms with Gasteiger partial charge in [0.2, 0.25) is 17.7 Å². The molecule has 1 fully saturated rings. The van der Waals surface area contributed by atoms with Gasteiger partial charge >= 0.3 is 0 Å². The Balaban J connectivity index is 0.828. The second kappa shape index (κ2) is 20.6. The highest BCUT2D eigenvalue weighted by Crippen LogP contribution is 2.40. The van der Waals surface area contributed by atoms with Gasteiger partial charge < -0.3 is 35.1 Å². The molecule has 2 aliphatic heterocycles. The summed E-state index contributed by atoms with van der Waals surface area (Å²) in [7, 11) is 0. The van der Waals surface area contributed by atoms with Crippen LogP contribution in [0.15, 0.2) is 87.7 Å². The Bertz CT molecular complexity index is 3260. The number of aryl methyl sites for hydroxylation is 3. The van der Waals surface area contributed by atoms with Crippen molar-refractivity contribution < 1.29 is 33.4 Å². The van der Waals surface area contributed by atoms with Crippen molar-refractivity contribution in [3.05, 3.63) is 134 Å². The minimum atomic E-state index is -1.08. The number of nitrogens with zero attached hydrogens (tertiary/aromatic N) is 6. The maximum Gasteiger partial charge on any atom is 0.287 e. The number of carbonyl (C=O) groups is 4. The minimum absolute atomic E-state index is 0.0163. The normalized spacial score (nSPS) is 17.8. The molecule has 4 aromatic heterocycles. The standard InChI is InChI=1S/C54H58ClN9O7S2/c1-27(24-56-44(66)23-40-49-62-61-32(6)64(49)53-45(28(2)31(5)73-53)46(59-40)34-14-16-37(55)17-15-34)70-39-18-19-42-36(20-39)21-43(71-42)51(68)60-48(54(7,8)9)52(69)63-25-38(65)22-41(63)50(67)58-29(3)33-10-12-35(13-11-33)47-30(4)57-26-72-47/h10-21,26-27,29,38,40-41,48,65H,22-25H2,1-9H3,(H,56,66)(H,58,67)(H,60,68)/t27-,29-,38+,40?,41-,48+/m0/s1. The fraction of sp³-hybridized carbons (Fsp3) is 0.370. The number of hydrogen-bond acceptors (Lipinski definition) is 13. The number of nitrogens with one attached hydrogen (secondary N) is 3. The van der Waals surface area contributed by atoms with E-state index in [-0.39, 0.29) is 43.6 Å². The molecule has 4 amide bonds. The molecule has 9 rings (SSSR count). The molecule has 6 heterocycles. The van der Waals surface area contributed by atoms with Gasteiger partial charge in [0, 0.05) is 39.4 Å². The summed E-state index contributed by atoms with van der Waals surface area (Å²) in [5, 5.41) is 30.8. The van der Waals surface area contributed by atoms with E-state index in [0.717, 1.165) is 54.0 Å². The maximum atomic E-state index is 14.4. The number of aromatic nitrogens is 4. The number of amides is 4. The average molecular weight is 1040 g/mol. The Kier molecular flexibility index (Phi) is 14.5. The number of carbonyl (C=O) groups excluding carboxylic acids is 4. The van der Waals surface area contributed by atoms with Crippen molar-refractivity contribution in [3.63, 3.8) is 0 Å². The van der Waals surface area contributed by atoms with Crippen LogP contribution in [0.25, 0.3) is 26.4 Å². The van der Waals surface area contributed by atoms with Crippen LogP contribution in [0.3, 0.4) is 0 Å². The van der Waals surface area contributed by atoms with Gasteiger partial charge in [0.15, 0.2) is 11.6 Å².